The van der Waals surface area contributed by atoms with Crippen molar-refractivity contribution in [3.63, 3.8) is 0 Å². The van der Waals surface area contributed by atoms with Gasteiger partial charge >= 0.3 is 12.0 Å². The summed E-state index contributed by atoms with van der Waals surface area (Å²) in [5.41, 5.74) is 0. The van der Waals surface area contributed by atoms with Crippen LogP contribution in [0.3, 0.4) is 0 Å². The summed E-state index contributed by atoms with van der Waals surface area (Å²) in [5, 5.41) is 11.6. The van der Waals surface area contributed by atoms with Gasteiger partial charge in [-0.05, 0) is 43.6 Å². The summed E-state index contributed by atoms with van der Waals surface area (Å²) < 4.78 is 0. The van der Waals surface area contributed by atoms with E-state index in [4.69, 9.17) is 5.11 Å². The number of piperidine rings is 1. The second kappa shape index (κ2) is 9.07. The van der Waals surface area contributed by atoms with Gasteiger partial charge in [-0.2, -0.15) is 11.8 Å². The Bertz CT molecular complexity index is 292. The van der Waals surface area contributed by atoms with Gasteiger partial charge in [-0.15, -0.1) is 0 Å². The van der Waals surface area contributed by atoms with Crippen LogP contribution in [0.5, 0.6) is 0 Å². The number of carboxylic acids is 1. The summed E-state index contributed by atoms with van der Waals surface area (Å²) in [6.07, 6.45) is 5.88. The maximum atomic E-state index is 11.8. The van der Waals surface area contributed by atoms with Crippen LogP contribution >= 0.6 is 11.8 Å². The Hall–Kier alpha value is -0.910. The summed E-state index contributed by atoms with van der Waals surface area (Å²) in [6.45, 7) is 2.23. The second-order valence-electron chi connectivity index (χ2n) is 4.94. The lowest BCUT2D eigenvalue weighted by molar-refractivity contribution is -0.137. The van der Waals surface area contributed by atoms with E-state index in [1.165, 1.54) is 0 Å². The molecule has 1 rings (SSSR count). The molecule has 1 saturated heterocycles. The number of carbonyl (C=O) groups is 2. The number of likely N-dealkylation sites (tertiary alicyclic amines) is 1. The van der Waals surface area contributed by atoms with Gasteiger partial charge in [0, 0.05) is 26.1 Å². The molecule has 0 aromatic rings. The molecule has 1 fully saturated rings. The summed E-state index contributed by atoms with van der Waals surface area (Å²) in [7, 11) is 0. The molecule has 0 radical (unpaired) electrons. The van der Waals surface area contributed by atoms with E-state index in [9.17, 15) is 9.59 Å². The van der Waals surface area contributed by atoms with E-state index in [0.717, 1.165) is 51.1 Å². The minimum absolute atomic E-state index is 0.0257. The zero-order chi connectivity index (χ0) is 14.1. The summed E-state index contributed by atoms with van der Waals surface area (Å²) in [6, 6.07) is 0.0257. The first-order chi connectivity index (χ1) is 9.13. The third-order valence-electron chi connectivity index (χ3n) is 3.47. The molecule has 1 aliphatic heterocycles. The molecule has 0 aromatic heterocycles. The Morgan fingerprint density at radius 3 is 2.63 bits per heavy atom. The average molecular weight is 288 g/mol. The molecule has 1 heterocycles. The molecule has 0 spiro atoms. The highest BCUT2D eigenvalue weighted by molar-refractivity contribution is 7.98. The van der Waals surface area contributed by atoms with E-state index in [-0.39, 0.29) is 12.5 Å². The van der Waals surface area contributed by atoms with E-state index >= 15 is 0 Å². The molecule has 2 N–H and O–H groups in total. The van der Waals surface area contributed by atoms with Gasteiger partial charge in [0.25, 0.3) is 0 Å². The predicted molar refractivity (Wildman–Crippen MR) is 77.6 cm³/mol. The zero-order valence-electron chi connectivity index (χ0n) is 11.6. The highest BCUT2D eigenvalue weighted by Crippen LogP contribution is 2.21. The largest absolute Gasteiger partial charge is 0.481 e. The topological polar surface area (TPSA) is 69.6 Å². The molecule has 0 aliphatic carbocycles. The van der Waals surface area contributed by atoms with Crippen LogP contribution in [0, 0.1) is 5.92 Å². The number of amides is 2. The molecule has 0 atom stereocenters. The lowest BCUT2D eigenvalue weighted by Crippen LogP contribution is -2.44. The number of hydrogen-bond donors (Lipinski definition) is 2. The molecule has 1 aliphatic rings. The molecular formula is C13H24N2O3S. The van der Waals surface area contributed by atoms with E-state index in [2.05, 4.69) is 11.6 Å². The quantitative estimate of drug-likeness (QED) is 0.703. The van der Waals surface area contributed by atoms with E-state index in [1.807, 2.05) is 4.90 Å². The Morgan fingerprint density at radius 2 is 2.05 bits per heavy atom. The Morgan fingerprint density at radius 1 is 1.37 bits per heavy atom. The fourth-order valence-corrected chi connectivity index (χ4v) is 2.71. The number of carbonyl (C=O) groups excluding carboxylic acids is 1. The number of carboxylic acid groups (broad SMARTS) is 1. The van der Waals surface area contributed by atoms with E-state index in [0.29, 0.717) is 5.92 Å². The van der Waals surface area contributed by atoms with Crippen LogP contribution in [0.1, 0.15) is 32.1 Å². The van der Waals surface area contributed by atoms with Gasteiger partial charge in [0.1, 0.15) is 0 Å². The zero-order valence-corrected chi connectivity index (χ0v) is 12.4. The SMILES string of the molecule is CSCCCNC(=O)N1CCC(CCC(=O)O)CC1. The summed E-state index contributed by atoms with van der Waals surface area (Å²) >= 11 is 1.78. The monoisotopic (exact) mass is 288 g/mol. The summed E-state index contributed by atoms with van der Waals surface area (Å²) in [5.74, 6) is 0.794. The van der Waals surface area contributed by atoms with Crippen molar-refractivity contribution in [1.29, 1.82) is 0 Å². The molecule has 0 aromatic carbocycles. The lowest BCUT2D eigenvalue weighted by Gasteiger charge is -2.31. The van der Waals surface area contributed by atoms with Crippen LogP contribution in [0.25, 0.3) is 0 Å². The number of nitrogens with zero attached hydrogens (tertiary/aromatic N) is 1. The third-order valence-corrected chi connectivity index (χ3v) is 4.17. The van der Waals surface area contributed by atoms with Crippen molar-refractivity contribution in [2.45, 2.75) is 32.1 Å². The third kappa shape index (κ3) is 6.71. The lowest BCUT2D eigenvalue weighted by atomic mass is 9.92. The van der Waals surface area contributed by atoms with Gasteiger partial charge in [-0.25, -0.2) is 4.79 Å². The highest BCUT2D eigenvalue weighted by atomic mass is 32.2. The molecule has 110 valence electrons. The first-order valence-corrected chi connectivity index (χ1v) is 8.26. The molecule has 5 nitrogen and oxygen atoms in total. The molecule has 6 heteroatoms. The number of rotatable bonds is 7. The summed E-state index contributed by atoms with van der Waals surface area (Å²) in [4.78, 5) is 24.2. The van der Waals surface area contributed by atoms with Gasteiger partial charge in [0.05, 0.1) is 0 Å². The molecular weight excluding hydrogens is 264 g/mol. The van der Waals surface area contributed by atoms with Crippen LogP contribution in [0.15, 0.2) is 0 Å². The Balaban J connectivity index is 2.14. The standard InChI is InChI=1S/C13H24N2O3S/c1-19-10-2-7-14-13(18)15-8-5-11(6-9-15)3-4-12(16)17/h11H,2-10H2,1H3,(H,14,18)(H,16,17). The van der Waals surface area contributed by atoms with Crippen molar-refractivity contribution >= 4 is 23.8 Å². The molecule has 0 saturated carbocycles. The first-order valence-electron chi connectivity index (χ1n) is 6.87. The van der Waals surface area contributed by atoms with Gasteiger partial charge in [-0.1, -0.05) is 0 Å². The molecule has 19 heavy (non-hydrogen) atoms. The van der Waals surface area contributed by atoms with Crippen LogP contribution < -0.4 is 5.32 Å². The van der Waals surface area contributed by atoms with E-state index < -0.39 is 5.97 Å². The van der Waals surface area contributed by atoms with Gasteiger partial charge in [-0.3, -0.25) is 4.79 Å². The maximum absolute atomic E-state index is 11.8. The number of nitrogens with one attached hydrogen (secondary N) is 1. The van der Waals surface area contributed by atoms with Crippen LogP contribution in [-0.4, -0.2) is 53.6 Å². The minimum atomic E-state index is -0.728. The number of aliphatic carboxylic acids is 1. The normalized spacial score (nSPS) is 16.4. The average Bonchev–Trinajstić information content (AvgIpc) is 2.41. The van der Waals surface area contributed by atoms with Crippen LogP contribution in [0.4, 0.5) is 4.79 Å². The molecule has 0 unspecified atom stereocenters. The highest BCUT2D eigenvalue weighted by Gasteiger charge is 2.22. The van der Waals surface area contributed by atoms with Crippen molar-refractivity contribution in [2.24, 2.45) is 5.92 Å². The minimum Gasteiger partial charge on any atom is -0.481 e. The fourth-order valence-electron chi connectivity index (χ4n) is 2.28. The van der Waals surface area contributed by atoms with Gasteiger partial charge < -0.3 is 15.3 Å². The smallest absolute Gasteiger partial charge is 0.317 e. The first kappa shape index (κ1) is 16.1. The fraction of sp³-hybridized carbons (Fsp3) is 0.846. The van der Waals surface area contributed by atoms with Crippen molar-refractivity contribution in [3.05, 3.63) is 0 Å². The second-order valence-corrected chi connectivity index (χ2v) is 5.93. The Kier molecular flexibility index (Phi) is 7.70. The predicted octanol–water partition coefficient (Wildman–Crippen LogP) is 2.03. The van der Waals surface area contributed by atoms with Crippen molar-refractivity contribution < 1.29 is 14.7 Å². The number of hydrogen-bond acceptors (Lipinski definition) is 3. The van der Waals surface area contributed by atoms with Crippen LogP contribution in [0.2, 0.25) is 0 Å². The van der Waals surface area contributed by atoms with Crippen molar-refractivity contribution in [1.82, 2.24) is 10.2 Å². The number of urea groups is 1. The molecule has 0 bridgehead atoms. The van der Waals surface area contributed by atoms with Crippen molar-refractivity contribution in [3.8, 4) is 0 Å². The van der Waals surface area contributed by atoms with Crippen LogP contribution in [-0.2, 0) is 4.79 Å². The Labute approximate surface area is 119 Å². The molecule has 2 amide bonds. The van der Waals surface area contributed by atoms with E-state index in [1.54, 1.807) is 11.8 Å². The van der Waals surface area contributed by atoms with Crippen molar-refractivity contribution in [2.75, 3.05) is 31.6 Å². The van der Waals surface area contributed by atoms with Gasteiger partial charge in [0.2, 0.25) is 0 Å². The maximum Gasteiger partial charge on any atom is 0.317 e. The van der Waals surface area contributed by atoms with Gasteiger partial charge in [0.15, 0.2) is 0 Å². The number of thioether (sulfide) groups is 1.